The highest BCUT2D eigenvalue weighted by Crippen LogP contribution is 2.08. The van der Waals surface area contributed by atoms with Gasteiger partial charge in [0, 0.05) is 6.20 Å². The smallest absolute Gasteiger partial charge is 0.239 e. The van der Waals surface area contributed by atoms with Crippen molar-refractivity contribution in [2.75, 3.05) is 0 Å². The van der Waals surface area contributed by atoms with Crippen LogP contribution in [-0.2, 0) is 10.0 Å². The highest BCUT2D eigenvalue weighted by molar-refractivity contribution is 7.89. The molecule has 0 saturated carbocycles. The molecule has 6 heteroatoms. The van der Waals surface area contributed by atoms with Crippen molar-refractivity contribution in [3.8, 4) is 0 Å². The van der Waals surface area contributed by atoms with Crippen molar-refractivity contribution < 1.29 is 8.42 Å². The third kappa shape index (κ3) is 2.44. The van der Waals surface area contributed by atoms with Crippen LogP contribution in [0.1, 0.15) is 5.69 Å². The SMILES string of the molecule is Cc1ncccc1S(N)(=O)=O.Cl. The predicted octanol–water partition coefficient (Wildman–Crippen LogP) is 0.459. The van der Waals surface area contributed by atoms with E-state index in [1.54, 1.807) is 6.92 Å². The van der Waals surface area contributed by atoms with E-state index in [4.69, 9.17) is 5.14 Å². The number of aromatic nitrogens is 1. The Kier molecular flexibility index (Phi) is 3.63. The van der Waals surface area contributed by atoms with Gasteiger partial charge in [-0.1, -0.05) is 0 Å². The molecule has 0 aliphatic carbocycles. The van der Waals surface area contributed by atoms with E-state index in [0.29, 0.717) is 5.69 Å². The molecule has 0 atom stereocenters. The van der Waals surface area contributed by atoms with Gasteiger partial charge in [0.1, 0.15) is 4.90 Å². The van der Waals surface area contributed by atoms with Crippen LogP contribution in [0.15, 0.2) is 23.2 Å². The number of hydrogen-bond donors (Lipinski definition) is 1. The summed E-state index contributed by atoms with van der Waals surface area (Å²) in [7, 11) is -3.60. The number of pyridine rings is 1. The van der Waals surface area contributed by atoms with E-state index in [2.05, 4.69) is 4.98 Å². The van der Waals surface area contributed by atoms with Gasteiger partial charge in [-0.25, -0.2) is 13.6 Å². The lowest BCUT2D eigenvalue weighted by atomic mass is 10.4. The molecule has 4 nitrogen and oxygen atoms in total. The fraction of sp³-hybridized carbons (Fsp3) is 0.167. The maximum atomic E-state index is 10.8. The number of rotatable bonds is 1. The van der Waals surface area contributed by atoms with Crippen molar-refractivity contribution in [2.45, 2.75) is 11.8 Å². The maximum Gasteiger partial charge on any atom is 0.239 e. The Morgan fingerprint density at radius 2 is 2.08 bits per heavy atom. The normalized spacial score (nSPS) is 10.5. The third-order valence-corrected chi connectivity index (χ3v) is 2.31. The first-order valence-corrected chi connectivity index (χ1v) is 4.51. The molecule has 1 aromatic heterocycles. The minimum atomic E-state index is -3.60. The second kappa shape index (κ2) is 3.84. The molecule has 0 spiro atoms. The lowest BCUT2D eigenvalue weighted by Crippen LogP contribution is -2.13. The Morgan fingerprint density at radius 1 is 1.50 bits per heavy atom. The molecule has 0 aliphatic rings. The molecule has 0 amide bonds. The summed E-state index contributed by atoms with van der Waals surface area (Å²) in [5.41, 5.74) is 0.426. The Labute approximate surface area is 77.3 Å². The van der Waals surface area contributed by atoms with Crippen molar-refractivity contribution in [3.63, 3.8) is 0 Å². The highest BCUT2D eigenvalue weighted by atomic mass is 35.5. The first-order valence-electron chi connectivity index (χ1n) is 2.96. The minimum absolute atomic E-state index is 0. The Balaban J connectivity index is 0.00000121. The zero-order valence-electron chi connectivity index (χ0n) is 6.39. The second-order valence-corrected chi connectivity index (χ2v) is 3.66. The number of halogens is 1. The van der Waals surface area contributed by atoms with Gasteiger partial charge in [-0.05, 0) is 19.1 Å². The van der Waals surface area contributed by atoms with Crippen molar-refractivity contribution in [1.29, 1.82) is 0 Å². The van der Waals surface area contributed by atoms with Crippen LogP contribution >= 0.6 is 12.4 Å². The van der Waals surface area contributed by atoms with Crippen molar-refractivity contribution >= 4 is 22.4 Å². The van der Waals surface area contributed by atoms with Gasteiger partial charge in [0.25, 0.3) is 0 Å². The van der Waals surface area contributed by atoms with Crippen LogP contribution in [0.3, 0.4) is 0 Å². The molecule has 0 fully saturated rings. The van der Waals surface area contributed by atoms with Crippen molar-refractivity contribution in [1.82, 2.24) is 4.98 Å². The summed E-state index contributed by atoms with van der Waals surface area (Å²) in [4.78, 5) is 3.87. The quantitative estimate of drug-likeness (QED) is 0.729. The molecule has 1 rings (SSSR count). The highest BCUT2D eigenvalue weighted by Gasteiger charge is 2.09. The summed E-state index contributed by atoms with van der Waals surface area (Å²) in [6.07, 6.45) is 1.52. The van der Waals surface area contributed by atoms with Crippen LogP contribution in [0.5, 0.6) is 0 Å². The average molecular weight is 209 g/mol. The van der Waals surface area contributed by atoms with Gasteiger partial charge in [0.05, 0.1) is 5.69 Å². The van der Waals surface area contributed by atoms with Gasteiger partial charge >= 0.3 is 0 Å². The topological polar surface area (TPSA) is 73.0 Å². The summed E-state index contributed by atoms with van der Waals surface area (Å²) < 4.78 is 21.6. The average Bonchev–Trinajstić information content (AvgIpc) is 1.86. The standard InChI is InChI=1S/C6H8N2O2S.ClH/c1-5-6(11(7,9)10)3-2-4-8-5;/h2-4H,1H3,(H2,7,9,10);1H. The Morgan fingerprint density at radius 3 is 2.42 bits per heavy atom. The van der Waals surface area contributed by atoms with Crippen LogP contribution in [0.4, 0.5) is 0 Å². The first kappa shape index (κ1) is 11.4. The van der Waals surface area contributed by atoms with Crippen molar-refractivity contribution in [2.24, 2.45) is 5.14 Å². The molecule has 0 bridgehead atoms. The van der Waals surface area contributed by atoms with E-state index >= 15 is 0 Å². The summed E-state index contributed by atoms with van der Waals surface area (Å²) in [5.74, 6) is 0. The van der Waals surface area contributed by atoms with E-state index in [9.17, 15) is 8.42 Å². The number of primary sulfonamides is 1. The lowest BCUT2D eigenvalue weighted by Gasteiger charge is -1.99. The first-order chi connectivity index (χ1) is 5.02. The van der Waals surface area contributed by atoms with Crippen LogP contribution in [0, 0.1) is 6.92 Å². The molecule has 2 N–H and O–H groups in total. The number of aryl methyl sites for hydroxylation is 1. The number of nitrogens with two attached hydrogens (primary N) is 1. The molecule has 0 saturated heterocycles. The van der Waals surface area contributed by atoms with E-state index in [0.717, 1.165) is 0 Å². The van der Waals surface area contributed by atoms with Crippen LogP contribution < -0.4 is 5.14 Å². The van der Waals surface area contributed by atoms with Crippen molar-refractivity contribution in [3.05, 3.63) is 24.0 Å². The van der Waals surface area contributed by atoms with Gasteiger partial charge in [0.15, 0.2) is 0 Å². The number of hydrogen-bond acceptors (Lipinski definition) is 3. The summed E-state index contributed by atoms with van der Waals surface area (Å²) in [5, 5.41) is 4.89. The van der Waals surface area contributed by atoms with E-state index in [-0.39, 0.29) is 17.3 Å². The van der Waals surface area contributed by atoms with E-state index < -0.39 is 10.0 Å². The van der Waals surface area contributed by atoms with Crippen LogP contribution in [0.25, 0.3) is 0 Å². The number of nitrogens with zero attached hydrogens (tertiary/aromatic N) is 1. The fourth-order valence-electron chi connectivity index (χ4n) is 0.770. The molecule has 0 unspecified atom stereocenters. The Bertz CT molecular complexity index is 364. The van der Waals surface area contributed by atoms with Gasteiger partial charge in [-0.15, -0.1) is 12.4 Å². The Hall–Kier alpha value is -0.650. The predicted molar refractivity (Wildman–Crippen MR) is 47.6 cm³/mol. The largest absolute Gasteiger partial charge is 0.260 e. The van der Waals surface area contributed by atoms with E-state index in [1.165, 1.54) is 18.3 Å². The molecule has 0 aromatic carbocycles. The summed E-state index contributed by atoms with van der Waals surface area (Å²) >= 11 is 0. The van der Waals surface area contributed by atoms with Crippen LogP contribution in [0.2, 0.25) is 0 Å². The molecule has 12 heavy (non-hydrogen) atoms. The van der Waals surface area contributed by atoms with Gasteiger partial charge in [0.2, 0.25) is 10.0 Å². The molecule has 1 aromatic rings. The van der Waals surface area contributed by atoms with Gasteiger partial charge in [-0.2, -0.15) is 0 Å². The molecular formula is C6H9ClN2O2S. The molecule has 0 radical (unpaired) electrons. The maximum absolute atomic E-state index is 10.8. The van der Waals surface area contributed by atoms with E-state index in [1.807, 2.05) is 0 Å². The second-order valence-electron chi connectivity index (χ2n) is 2.13. The monoisotopic (exact) mass is 208 g/mol. The van der Waals surface area contributed by atoms with Gasteiger partial charge in [-0.3, -0.25) is 4.98 Å². The van der Waals surface area contributed by atoms with Crippen LogP contribution in [-0.4, -0.2) is 13.4 Å². The summed E-state index contributed by atoms with van der Waals surface area (Å²) in [6, 6.07) is 2.96. The molecular weight excluding hydrogens is 200 g/mol. The summed E-state index contributed by atoms with van der Waals surface area (Å²) in [6.45, 7) is 1.60. The fourth-order valence-corrected chi connectivity index (χ4v) is 1.50. The zero-order valence-corrected chi connectivity index (χ0v) is 8.02. The molecule has 68 valence electrons. The molecule has 0 aliphatic heterocycles. The third-order valence-electron chi connectivity index (χ3n) is 1.26. The zero-order chi connectivity index (χ0) is 8.48. The lowest BCUT2D eigenvalue weighted by molar-refractivity contribution is 0.596. The molecule has 1 heterocycles. The number of sulfonamides is 1. The minimum Gasteiger partial charge on any atom is -0.260 e. The van der Waals surface area contributed by atoms with Gasteiger partial charge < -0.3 is 0 Å².